The average molecular weight is 279 g/mol. The van der Waals surface area contributed by atoms with Crippen molar-refractivity contribution in [2.45, 2.75) is 26.8 Å². The molecule has 2 aromatic carbocycles. The smallest absolute Gasteiger partial charge is 0.141 e. The SMILES string of the molecule is CCn1c(-c2cccc(CCN)c2)nc2cc(C)ccc21. The summed E-state index contributed by atoms with van der Waals surface area (Å²) in [5.74, 6) is 1.04. The van der Waals surface area contributed by atoms with Gasteiger partial charge < -0.3 is 10.3 Å². The van der Waals surface area contributed by atoms with E-state index >= 15 is 0 Å². The van der Waals surface area contributed by atoms with E-state index in [1.807, 2.05) is 0 Å². The van der Waals surface area contributed by atoms with Crippen LogP contribution >= 0.6 is 0 Å². The third kappa shape index (κ3) is 2.57. The molecule has 108 valence electrons. The molecule has 1 aromatic heterocycles. The summed E-state index contributed by atoms with van der Waals surface area (Å²) in [5, 5.41) is 0. The van der Waals surface area contributed by atoms with Crippen molar-refractivity contribution >= 4 is 11.0 Å². The lowest BCUT2D eigenvalue weighted by Gasteiger charge is -2.07. The van der Waals surface area contributed by atoms with Crippen LogP contribution in [0.5, 0.6) is 0 Å². The number of aryl methyl sites for hydroxylation is 2. The van der Waals surface area contributed by atoms with Crippen LogP contribution in [0.2, 0.25) is 0 Å². The van der Waals surface area contributed by atoms with Gasteiger partial charge in [-0.15, -0.1) is 0 Å². The van der Waals surface area contributed by atoms with E-state index < -0.39 is 0 Å². The minimum absolute atomic E-state index is 0.673. The van der Waals surface area contributed by atoms with Gasteiger partial charge in [0, 0.05) is 12.1 Å². The van der Waals surface area contributed by atoms with Crippen LogP contribution in [-0.2, 0) is 13.0 Å². The van der Waals surface area contributed by atoms with E-state index in [-0.39, 0.29) is 0 Å². The number of hydrogen-bond acceptors (Lipinski definition) is 2. The summed E-state index contributed by atoms with van der Waals surface area (Å²) in [7, 11) is 0. The van der Waals surface area contributed by atoms with E-state index in [4.69, 9.17) is 10.7 Å². The molecule has 3 nitrogen and oxygen atoms in total. The summed E-state index contributed by atoms with van der Waals surface area (Å²) in [5.41, 5.74) is 11.6. The Morgan fingerprint density at radius 1 is 1.14 bits per heavy atom. The number of hydrogen-bond donors (Lipinski definition) is 1. The minimum atomic E-state index is 0.673. The van der Waals surface area contributed by atoms with E-state index in [0.29, 0.717) is 6.54 Å². The van der Waals surface area contributed by atoms with Gasteiger partial charge in [-0.05, 0) is 56.1 Å². The molecule has 2 N–H and O–H groups in total. The van der Waals surface area contributed by atoms with Gasteiger partial charge in [0.05, 0.1) is 11.0 Å². The molecule has 0 unspecified atom stereocenters. The predicted molar refractivity (Wildman–Crippen MR) is 88.3 cm³/mol. The van der Waals surface area contributed by atoms with Crippen molar-refractivity contribution in [1.29, 1.82) is 0 Å². The van der Waals surface area contributed by atoms with E-state index in [9.17, 15) is 0 Å². The van der Waals surface area contributed by atoms with E-state index in [2.05, 4.69) is 60.9 Å². The first-order valence-corrected chi connectivity index (χ1v) is 7.49. The molecule has 3 aromatic rings. The standard InChI is InChI=1S/C18H21N3/c1-3-21-17-8-7-13(2)11-16(17)20-18(21)15-6-4-5-14(12-15)9-10-19/h4-8,11-12H,3,9-10,19H2,1-2H3. The highest BCUT2D eigenvalue weighted by Crippen LogP contribution is 2.26. The molecule has 0 fully saturated rings. The number of fused-ring (bicyclic) bond motifs is 1. The van der Waals surface area contributed by atoms with Crippen LogP contribution in [0, 0.1) is 6.92 Å². The summed E-state index contributed by atoms with van der Waals surface area (Å²) in [4.78, 5) is 4.85. The first-order chi connectivity index (χ1) is 10.2. The molecule has 0 saturated heterocycles. The highest BCUT2D eigenvalue weighted by molar-refractivity contribution is 5.81. The predicted octanol–water partition coefficient (Wildman–Crippen LogP) is 3.53. The minimum Gasteiger partial charge on any atom is -0.330 e. The fourth-order valence-corrected chi connectivity index (χ4v) is 2.81. The Morgan fingerprint density at radius 2 is 2.00 bits per heavy atom. The lowest BCUT2D eigenvalue weighted by Crippen LogP contribution is -2.03. The normalized spacial score (nSPS) is 11.2. The van der Waals surface area contributed by atoms with Gasteiger partial charge >= 0.3 is 0 Å². The van der Waals surface area contributed by atoms with E-state index in [1.54, 1.807) is 0 Å². The Hall–Kier alpha value is -2.13. The van der Waals surface area contributed by atoms with E-state index in [0.717, 1.165) is 29.9 Å². The van der Waals surface area contributed by atoms with Crippen molar-refractivity contribution in [2.24, 2.45) is 5.73 Å². The summed E-state index contributed by atoms with van der Waals surface area (Å²) >= 11 is 0. The Labute approximate surface area is 125 Å². The number of imidazole rings is 1. The highest BCUT2D eigenvalue weighted by Gasteiger charge is 2.11. The van der Waals surface area contributed by atoms with Crippen LogP contribution in [0.25, 0.3) is 22.4 Å². The first-order valence-electron chi connectivity index (χ1n) is 7.49. The fraction of sp³-hybridized carbons (Fsp3) is 0.278. The Balaban J connectivity index is 2.17. The molecule has 0 bridgehead atoms. The lowest BCUT2D eigenvalue weighted by molar-refractivity contribution is 0.796. The second-order valence-corrected chi connectivity index (χ2v) is 5.41. The van der Waals surface area contributed by atoms with Crippen LogP contribution < -0.4 is 5.73 Å². The third-order valence-corrected chi connectivity index (χ3v) is 3.84. The Bertz CT molecular complexity index is 771. The van der Waals surface area contributed by atoms with Gasteiger partial charge in [0.25, 0.3) is 0 Å². The van der Waals surface area contributed by atoms with Crippen molar-refractivity contribution in [3.05, 3.63) is 53.6 Å². The van der Waals surface area contributed by atoms with Gasteiger partial charge in [-0.3, -0.25) is 0 Å². The third-order valence-electron chi connectivity index (χ3n) is 3.84. The van der Waals surface area contributed by atoms with Gasteiger partial charge in [-0.25, -0.2) is 4.98 Å². The van der Waals surface area contributed by atoms with Crippen molar-refractivity contribution in [3.63, 3.8) is 0 Å². The summed E-state index contributed by atoms with van der Waals surface area (Å²) < 4.78 is 2.27. The number of nitrogens with two attached hydrogens (primary N) is 1. The molecule has 3 heteroatoms. The van der Waals surface area contributed by atoms with Gasteiger partial charge in [-0.1, -0.05) is 24.3 Å². The van der Waals surface area contributed by atoms with Crippen molar-refractivity contribution in [1.82, 2.24) is 9.55 Å². The van der Waals surface area contributed by atoms with Crippen molar-refractivity contribution < 1.29 is 0 Å². The van der Waals surface area contributed by atoms with Gasteiger partial charge in [0.15, 0.2) is 0 Å². The maximum atomic E-state index is 5.66. The molecule has 0 spiro atoms. The molecule has 21 heavy (non-hydrogen) atoms. The van der Waals surface area contributed by atoms with Crippen LogP contribution in [0.4, 0.5) is 0 Å². The van der Waals surface area contributed by atoms with Crippen LogP contribution in [-0.4, -0.2) is 16.1 Å². The van der Waals surface area contributed by atoms with Crippen LogP contribution in [0.3, 0.4) is 0 Å². The first kappa shape index (κ1) is 13.8. The molecule has 0 aliphatic heterocycles. The highest BCUT2D eigenvalue weighted by atomic mass is 15.1. The summed E-state index contributed by atoms with van der Waals surface area (Å²) in [6, 6.07) is 15.0. The monoisotopic (exact) mass is 279 g/mol. The average Bonchev–Trinajstić information content (AvgIpc) is 2.85. The second kappa shape index (κ2) is 5.70. The quantitative estimate of drug-likeness (QED) is 0.794. The molecular weight excluding hydrogens is 258 g/mol. The maximum absolute atomic E-state index is 5.66. The number of nitrogens with zero attached hydrogens (tertiary/aromatic N) is 2. The Morgan fingerprint density at radius 3 is 2.76 bits per heavy atom. The second-order valence-electron chi connectivity index (χ2n) is 5.41. The summed E-state index contributed by atoms with van der Waals surface area (Å²) in [6.07, 6.45) is 0.902. The number of benzene rings is 2. The molecule has 3 rings (SSSR count). The zero-order chi connectivity index (χ0) is 14.8. The van der Waals surface area contributed by atoms with Crippen LogP contribution in [0.15, 0.2) is 42.5 Å². The largest absolute Gasteiger partial charge is 0.330 e. The van der Waals surface area contributed by atoms with Gasteiger partial charge in [-0.2, -0.15) is 0 Å². The van der Waals surface area contributed by atoms with E-state index in [1.165, 1.54) is 16.6 Å². The molecule has 1 heterocycles. The van der Waals surface area contributed by atoms with Gasteiger partial charge in [0.1, 0.15) is 5.82 Å². The zero-order valence-corrected chi connectivity index (χ0v) is 12.6. The topological polar surface area (TPSA) is 43.8 Å². The summed E-state index contributed by atoms with van der Waals surface area (Å²) in [6.45, 7) is 5.85. The number of aromatic nitrogens is 2. The molecule has 0 amide bonds. The molecule has 0 aliphatic rings. The van der Waals surface area contributed by atoms with Crippen molar-refractivity contribution in [3.8, 4) is 11.4 Å². The molecular formula is C18H21N3. The molecule has 0 saturated carbocycles. The van der Waals surface area contributed by atoms with Crippen molar-refractivity contribution in [2.75, 3.05) is 6.54 Å². The molecule has 0 aliphatic carbocycles. The number of rotatable bonds is 4. The zero-order valence-electron chi connectivity index (χ0n) is 12.6. The van der Waals surface area contributed by atoms with Crippen LogP contribution in [0.1, 0.15) is 18.1 Å². The Kier molecular flexibility index (Phi) is 3.76. The molecule has 0 radical (unpaired) electrons. The fourth-order valence-electron chi connectivity index (χ4n) is 2.81. The van der Waals surface area contributed by atoms with Gasteiger partial charge in [0.2, 0.25) is 0 Å². The maximum Gasteiger partial charge on any atom is 0.141 e. The molecule has 0 atom stereocenters. The lowest BCUT2D eigenvalue weighted by atomic mass is 10.1.